The molecule has 0 aliphatic rings. The molecule has 0 bridgehead atoms. The van der Waals surface area contributed by atoms with E-state index in [0.29, 0.717) is 34.1 Å². The Balaban J connectivity index is 1.78. The zero-order chi connectivity index (χ0) is 18.1. The van der Waals surface area contributed by atoms with Crippen LogP contribution in [0.3, 0.4) is 0 Å². The summed E-state index contributed by atoms with van der Waals surface area (Å²) in [6, 6.07) is 7.15. The van der Waals surface area contributed by atoms with E-state index < -0.39 is 0 Å². The summed E-state index contributed by atoms with van der Waals surface area (Å²) in [6.07, 6.45) is 3.29. The lowest BCUT2D eigenvalue weighted by atomic mass is 10.2. The Morgan fingerprint density at radius 2 is 2.04 bits per heavy atom. The molecule has 25 heavy (non-hydrogen) atoms. The summed E-state index contributed by atoms with van der Waals surface area (Å²) >= 11 is 7.22. The number of unbranched alkanes of at least 4 members (excludes halogenated alkanes) is 2. The molecule has 1 heterocycles. The molecule has 2 rings (SSSR count). The van der Waals surface area contributed by atoms with Gasteiger partial charge in [-0.15, -0.1) is 10.2 Å². The first-order valence-electron chi connectivity index (χ1n) is 8.26. The summed E-state index contributed by atoms with van der Waals surface area (Å²) in [4.78, 5) is 11.8. The van der Waals surface area contributed by atoms with E-state index in [9.17, 15) is 4.79 Å². The lowest BCUT2D eigenvalue weighted by molar-refractivity contribution is -0.118. The Bertz CT molecular complexity index is 676. The Labute approximate surface area is 157 Å². The van der Waals surface area contributed by atoms with Crippen LogP contribution in [-0.4, -0.2) is 33.0 Å². The van der Waals surface area contributed by atoms with Gasteiger partial charge in [0, 0.05) is 18.6 Å². The number of carbonyl (C=O) groups is 1. The molecule has 1 aromatic heterocycles. The van der Waals surface area contributed by atoms with Crippen molar-refractivity contribution in [1.82, 2.24) is 20.1 Å². The lowest BCUT2D eigenvalue weighted by Gasteiger charge is -2.07. The van der Waals surface area contributed by atoms with Crippen LogP contribution in [0, 0.1) is 0 Å². The Hall–Kier alpha value is -1.73. The van der Waals surface area contributed by atoms with E-state index in [1.54, 1.807) is 24.3 Å². The fraction of sp³-hybridized carbons (Fsp3) is 0.471. The van der Waals surface area contributed by atoms with Gasteiger partial charge in [0.2, 0.25) is 5.91 Å². The third-order valence-corrected chi connectivity index (χ3v) is 4.81. The standard InChI is InChI=1S/C17H23ClN4O2S/c1-3-4-5-10-19-16(23)12-25-17-21-20-15(22(17)2)11-24-14-8-6-13(18)7-9-14/h6-9H,3-5,10-12H2,1-2H3,(H,19,23). The third kappa shape index (κ3) is 6.59. The smallest absolute Gasteiger partial charge is 0.230 e. The summed E-state index contributed by atoms with van der Waals surface area (Å²) in [7, 11) is 1.86. The largest absolute Gasteiger partial charge is 0.486 e. The highest BCUT2D eigenvalue weighted by Crippen LogP contribution is 2.18. The molecule has 0 saturated carbocycles. The van der Waals surface area contributed by atoms with E-state index in [-0.39, 0.29) is 5.91 Å². The highest BCUT2D eigenvalue weighted by Gasteiger charge is 2.12. The number of nitrogens with zero attached hydrogens (tertiary/aromatic N) is 3. The molecule has 0 aliphatic heterocycles. The zero-order valence-electron chi connectivity index (χ0n) is 14.5. The predicted molar refractivity (Wildman–Crippen MR) is 100 cm³/mol. The second-order valence-electron chi connectivity index (χ2n) is 5.55. The molecule has 1 amide bonds. The van der Waals surface area contributed by atoms with Gasteiger partial charge in [-0.2, -0.15) is 0 Å². The van der Waals surface area contributed by atoms with Gasteiger partial charge < -0.3 is 14.6 Å². The molecular formula is C17H23ClN4O2S. The summed E-state index contributed by atoms with van der Waals surface area (Å²) in [5, 5.41) is 12.5. The summed E-state index contributed by atoms with van der Waals surface area (Å²) in [6.45, 7) is 3.17. The van der Waals surface area contributed by atoms with Crippen LogP contribution in [0.1, 0.15) is 32.0 Å². The van der Waals surface area contributed by atoms with E-state index in [2.05, 4.69) is 22.4 Å². The van der Waals surface area contributed by atoms with Crippen molar-refractivity contribution in [3.05, 3.63) is 35.1 Å². The van der Waals surface area contributed by atoms with Gasteiger partial charge in [-0.3, -0.25) is 4.79 Å². The molecule has 0 aliphatic carbocycles. The van der Waals surface area contributed by atoms with Crippen LogP contribution in [0.15, 0.2) is 29.4 Å². The molecule has 0 unspecified atom stereocenters. The minimum absolute atomic E-state index is 0.0167. The van der Waals surface area contributed by atoms with Crippen molar-refractivity contribution in [2.45, 2.75) is 37.9 Å². The fourth-order valence-corrected chi connectivity index (χ4v) is 2.94. The van der Waals surface area contributed by atoms with Crippen LogP contribution in [0.4, 0.5) is 0 Å². The molecule has 0 spiro atoms. The fourth-order valence-electron chi connectivity index (χ4n) is 2.06. The number of ether oxygens (including phenoxy) is 1. The Morgan fingerprint density at radius 3 is 2.76 bits per heavy atom. The first-order chi connectivity index (χ1) is 12.1. The van der Waals surface area contributed by atoms with E-state index in [4.69, 9.17) is 16.3 Å². The predicted octanol–water partition coefficient (Wildman–Crippen LogP) is 3.45. The van der Waals surface area contributed by atoms with Crippen molar-refractivity contribution >= 4 is 29.3 Å². The highest BCUT2D eigenvalue weighted by atomic mass is 35.5. The van der Waals surface area contributed by atoms with Crippen molar-refractivity contribution in [3.8, 4) is 5.75 Å². The molecule has 136 valence electrons. The van der Waals surface area contributed by atoms with Gasteiger partial charge in [0.05, 0.1) is 5.75 Å². The molecule has 0 radical (unpaired) electrons. The average Bonchev–Trinajstić information content (AvgIpc) is 2.96. The van der Waals surface area contributed by atoms with E-state index in [1.807, 2.05) is 11.6 Å². The highest BCUT2D eigenvalue weighted by molar-refractivity contribution is 7.99. The van der Waals surface area contributed by atoms with Crippen molar-refractivity contribution in [3.63, 3.8) is 0 Å². The molecule has 0 fully saturated rings. The summed E-state index contributed by atoms with van der Waals surface area (Å²) in [5.74, 6) is 1.76. The molecule has 1 N–H and O–H groups in total. The van der Waals surface area contributed by atoms with E-state index >= 15 is 0 Å². The maximum atomic E-state index is 11.8. The first kappa shape index (κ1) is 19.6. The third-order valence-electron chi connectivity index (χ3n) is 3.54. The van der Waals surface area contributed by atoms with Gasteiger partial charge in [-0.05, 0) is 30.7 Å². The van der Waals surface area contributed by atoms with Gasteiger partial charge in [-0.1, -0.05) is 43.1 Å². The van der Waals surface area contributed by atoms with Crippen LogP contribution in [0.5, 0.6) is 5.75 Å². The van der Waals surface area contributed by atoms with Crippen LogP contribution in [0.2, 0.25) is 5.02 Å². The first-order valence-corrected chi connectivity index (χ1v) is 9.62. The van der Waals surface area contributed by atoms with Crippen molar-refractivity contribution in [2.75, 3.05) is 12.3 Å². The number of rotatable bonds is 10. The van der Waals surface area contributed by atoms with E-state index in [1.165, 1.54) is 11.8 Å². The van der Waals surface area contributed by atoms with Crippen LogP contribution < -0.4 is 10.1 Å². The minimum Gasteiger partial charge on any atom is -0.486 e. The van der Waals surface area contributed by atoms with Gasteiger partial charge in [0.1, 0.15) is 12.4 Å². The van der Waals surface area contributed by atoms with Gasteiger partial charge in [0.15, 0.2) is 11.0 Å². The molecule has 1 aromatic carbocycles. The van der Waals surface area contributed by atoms with Crippen LogP contribution in [-0.2, 0) is 18.4 Å². The quantitative estimate of drug-likeness (QED) is 0.503. The SMILES string of the molecule is CCCCCNC(=O)CSc1nnc(COc2ccc(Cl)cc2)n1C. The number of amides is 1. The molecule has 0 atom stereocenters. The van der Waals surface area contributed by atoms with Gasteiger partial charge >= 0.3 is 0 Å². The second kappa shape index (κ2) is 10.3. The minimum atomic E-state index is 0.0167. The van der Waals surface area contributed by atoms with Crippen molar-refractivity contribution in [1.29, 1.82) is 0 Å². The van der Waals surface area contributed by atoms with Gasteiger partial charge in [0.25, 0.3) is 0 Å². The maximum absolute atomic E-state index is 11.8. The summed E-state index contributed by atoms with van der Waals surface area (Å²) in [5.41, 5.74) is 0. The number of benzene rings is 1. The molecule has 2 aromatic rings. The van der Waals surface area contributed by atoms with Crippen molar-refractivity contribution < 1.29 is 9.53 Å². The van der Waals surface area contributed by atoms with Crippen molar-refractivity contribution in [2.24, 2.45) is 7.05 Å². The Kier molecular flexibility index (Phi) is 8.08. The number of thioether (sulfide) groups is 1. The lowest BCUT2D eigenvalue weighted by Crippen LogP contribution is -2.26. The average molecular weight is 383 g/mol. The maximum Gasteiger partial charge on any atom is 0.230 e. The van der Waals surface area contributed by atoms with Crippen LogP contribution >= 0.6 is 23.4 Å². The zero-order valence-corrected chi connectivity index (χ0v) is 16.1. The number of hydrogen-bond acceptors (Lipinski definition) is 5. The van der Waals surface area contributed by atoms with E-state index in [0.717, 1.165) is 25.8 Å². The molecule has 8 heteroatoms. The monoisotopic (exact) mass is 382 g/mol. The topological polar surface area (TPSA) is 69.0 Å². The number of carbonyl (C=O) groups excluding carboxylic acids is 1. The normalized spacial score (nSPS) is 10.7. The summed E-state index contributed by atoms with van der Waals surface area (Å²) < 4.78 is 7.51. The molecule has 0 saturated heterocycles. The van der Waals surface area contributed by atoms with Crippen LogP contribution in [0.25, 0.3) is 0 Å². The van der Waals surface area contributed by atoms with Gasteiger partial charge in [-0.25, -0.2) is 0 Å². The second-order valence-corrected chi connectivity index (χ2v) is 6.93. The number of nitrogens with one attached hydrogen (secondary N) is 1. The molecular weight excluding hydrogens is 360 g/mol. The number of aromatic nitrogens is 3. The number of halogens is 1. The number of hydrogen-bond donors (Lipinski definition) is 1. The molecule has 6 nitrogen and oxygen atoms in total. The Morgan fingerprint density at radius 1 is 1.28 bits per heavy atom.